The van der Waals surface area contributed by atoms with Crippen molar-refractivity contribution in [2.45, 2.75) is 55.6 Å². The Labute approximate surface area is 295 Å². The molecule has 0 aliphatic heterocycles. The van der Waals surface area contributed by atoms with Crippen molar-refractivity contribution in [1.29, 1.82) is 0 Å². The van der Waals surface area contributed by atoms with E-state index >= 15 is 0 Å². The van der Waals surface area contributed by atoms with Crippen LogP contribution in [-0.4, -0.2) is 43.8 Å². The monoisotopic (exact) mass is 731 g/mol. The summed E-state index contributed by atoms with van der Waals surface area (Å²) in [4.78, 5) is 30.1. The number of amides is 2. The smallest absolute Gasteiger partial charge is 0.264 e. The van der Waals surface area contributed by atoms with Crippen LogP contribution in [0, 0.1) is 0 Å². The zero-order valence-corrected chi connectivity index (χ0v) is 29.1. The molecule has 0 spiro atoms. The van der Waals surface area contributed by atoms with E-state index in [2.05, 4.69) is 5.32 Å². The summed E-state index contributed by atoms with van der Waals surface area (Å²) in [5.41, 5.74) is 1.47. The maximum absolute atomic E-state index is 14.6. The molecule has 5 rings (SSSR count). The molecule has 1 fully saturated rings. The van der Waals surface area contributed by atoms with Gasteiger partial charge in [0, 0.05) is 24.0 Å². The number of halogens is 4. The van der Waals surface area contributed by atoms with Crippen LogP contribution in [0.1, 0.15) is 36.8 Å². The van der Waals surface area contributed by atoms with E-state index < -0.39 is 28.5 Å². The third-order valence-corrected chi connectivity index (χ3v) is 11.2. The van der Waals surface area contributed by atoms with Gasteiger partial charge in [-0.15, -0.1) is 0 Å². The molecule has 12 heteroatoms. The molecule has 1 atom stereocenters. The number of carbonyl (C=O) groups is 2. The Morgan fingerprint density at radius 3 is 2.06 bits per heavy atom. The summed E-state index contributed by atoms with van der Waals surface area (Å²) in [5.74, 6) is -0.957. The highest BCUT2D eigenvalue weighted by Gasteiger charge is 2.36. The quantitative estimate of drug-likeness (QED) is 0.159. The first-order valence-electron chi connectivity index (χ1n) is 15.1. The Kier molecular flexibility index (Phi) is 11.7. The van der Waals surface area contributed by atoms with Gasteiger partial charge in [0.05, 0.1) is 25.7 Å². The van der Waals surface area contributed by atoms with Gasteiger partial charge in [-0.1, -0.05) is 114 Å². The molecule has 0 aromatic heterocycles. The highest BCUT2D eigenvalue weighted by atomic mass is 35.5. The molecule has 2 amide bonds. The van der Waals surface area contributed by atoms with Crippen molar-refractivity contribution >= 4 is 73.9 Å². The van der Waals surface area contributed by atoms with Crippen molar-refractivity contribution in [2.75, 3.05) is 10.8 Å². The molecular formula is C35H33Cl4N3O4S. The van der Waals surface area contributed by atoms with Gasteiger partial charge in [-0.2, -0.15) is 0 Å². The van der Waals surface area contributed by atoms with E-state index in [9.17, 15) is 18.0 Å². The summed E-state index contributed by atoms with van der Waals surface area (Å²) in [6.45, 7) is -0.714. The van der Waals surface area contributed by atoms with Crippen LogP contribution in [0.4, 0.5) is 5.69 Å². The summed E-state index contributed by atoms with van der Waals surface area (Å²) in [7, 11) is -4.33. The van der Waals surface area contributed by atoms with Gasteiger partial charge in [0.2, 0.25) is 11.8 Å². The van der Waals surface area contributed by atoms with Crippen LogP contribution in [0.15, 0.2) is 102 Å². The summed E-state index contributed by atoms with van der Waals surface area (Å²) < 4.78 is 29.3. The number of hydrogen-bond donors (Lipinski definition) is 1. The van der Waals surface area contributed by atoms with Crippen LogP contribution >= 0.6 is 46.4 Å². The van der Waals surface area contributed by atoms with Crippen molar-refractivity contribution in [3.05, 3.63) is 128 Å². The highest BCUT2D eigenvalue weighted by Crippen LogP contribution is 2.34. The van der Waals surface area contributed by atoms with E-state index in [0.717, 1.165) is 35.6 Å². The summed E-state index contributed by atoms with van der Waals surface area (Å²) in [6, 6.07) is 25.5. The Morgan fingerprint density at radius 1 is 0.766 bits per heavy atom. The van der Waals surface area contributed by atoms with Gasteiger partial charge in [0.15, 0.2) is 0 Å². The maximum Gasteiger partial charge on any atom is 0.264 e. The molecule has 0 radical (unpaired) electrons. The third-order valence-electron chi connectivity index (χ3n) is 8.10. The van der Waals surface area contributed by atoms with Crippen molar-refractivity contribution in [3.8, 4) is 0 Å². The molecule has 0 unspecified atom stereocenters. The van der Waals surface area contributed by atoms with Gasteiger partial charge >= 0.3 is 0 Å². The fourth-order valence-electron chi connectivity index (χ4n) is 5.67. The number of nitrogens with zero attached hydrogens (tertiary/aromatic N) is 2. The van der Waals surface area contributed by atoms with E-state index in [1.807, 2.05) is 30.3 Å². The molecule has 0 heterocycles. The van der Waals surface area contributed by atoms with Crippen LogP contribution in [0.3, 0.4) is 0 Å². The first-order valence-corrected chi connectivity index (χ1v) is 18.1. The fourth-order valence-corrected chi connectivity index (χ4v) is 7.87. The van der Waals surface area contributed by atoms with Gasteiger partial charge in [-0.3, -0.25) is 13.9 Å². The predicted molar refractivity (Wildman–Crippen MR) is 189 cm³/mol. The molecule has 4 aromatic rings. The molecule has 1 aliphatic rings. The molecule has 47 heavy (non-hydrogen) atoms. The molecule has 1 saturated carbocycles. The second-order valence-electron chi connectivity index (χ2n) is 11.4. The minimum atomic E-state index is -4.33. The molecule has 1 aliphatic carbocycles. The first-order chi connectivity index (χ1) is 22.5. The molecule has 246 valence electrons. The normalized spacial score (nSPS) is 14.0. The largest absolute Gasteiger partial charge is 0.352 e. The van der Waals surface area contributed by atoms with E-state index in [1.54, 1.807) is 36.4 Å². The number of benzene rings is 4. The number of anilines is 1. The minimum absolute atomic E-state index is 0.0112. The van der Waals surface area contributed by atoms with Gasteiger partial charge < -0.3 is 10.2 Å². The van der Waals surface area contributed by atoms with E-state index in [0.29, 0.717) is 10.6 Å². The average molecular weight is 734 g/mol. The zero-order valence-electron chi connectivity index (χ0n) is 25.3. The zero-order chi connectivity index (χ0) is 33.6. The van der Waals surface area contributed by atoms with Crippen molar-refractivity contribution < 1.29 is 18.0 Å². The second-order valence-corrected chi connectivity index (χ2v) is 14.9. The molecule has 4 aromatic carbocycles. The second kappa shape index (κ2) is 15.8. The van der Waals surface area contributed by atoms with E-state index in [1.165, 1.54) is 35.2 Å². The molecule has 1 N–H and O–H groups in total. The predicted octanol–water partition coefficient (Wildman–Crippen LogP) is 8.19. The number of sulfonamides is 1. The number of rotatable bonds is 12. The van der Waals surface area contributed by atoms with Crippen molar-refractivity contribution in [1.82, 2.24) is 10.2 Å². The van der Waals surface area contributed by atoms with Gasteiger partial charge in [-0.25, -0.2) is 8.42 Å². The number of carbonyl (C=O) groups excluding carboxylic acids is 2. The van der Waals surface area contributed by atoms with Gasteiger partial charge in [0.25, 0.3) is 10.0 Å². The molecular weight excluding hydrogens is 700 g/mol. The lowest BCUT2D eigenvalue weighted by Crippen LogP contribution is -2.54. The maximum atomic E-state index is 14.6. The Morgan fingerprint density at radius 2 is 1.40 bits per heavy atom. The summed E-state index contributed by atoms with van der Waals surface area (Å²) >= 11 is 25.4. The highest BCUT2D eigenvalue weighted by molar-refractivity contribution is 7.92. The Bertz CT molecular complexity index is 1820. The Balaban J connectivity index is 1.60. The lowest BCUT2D eigenvalue weighted by Gasteiger charge is -2.34. The standard InChI is InChI=1S/C35H33Cl4N3O4S/c36-26-16-18-30(38)32(21-26)42(47(45,46)28-13-5-2-6-14-28)23-34(43)41(22-25-15-17-29(37)31(39)19-25)33(20-24-9-3-1-4-10-24)35(44)40-27-11-7-8-12-27/h1-6,9-10,13-19,21,27,33H,7-8,11-12,20,22-23H2,(H,40,44)/t33-/m1/s1. The Hall–Kier alpha value is -3.27. The van der Waals surface area contributed by atoms with E-state index in [4.69, 9.17) is 46.4 Å². The number of hydrogen-bond acceptors (Lipinski definition) is 4. The summed E-state index contributed by atoms with van der Waals surface area (Å²) in [6.07, 6.45) is 3.90. The van der Waals surface area contributed by atoms with E-state index in [-0.39, 0.29) is 50.6 Å². The molecule has 0 bridgehead atoms. The van der Waals surface area contributed by atoms with Crippen LogP contribution in [0.2, 0.25) is 20.1 Å². The van der Waals surface area contributed by atoms with Crippen molar-refractivity contribution in [2.24, 2.45) is 0 Å². The van der Waals surface area contributed by atoms with Crippen LogP contribution < -0.4 is 9.62 Å². The summed E-state index contributed by atoms with van der Waals surface area (Å²) in [5, 5.41) is 4.08. The van der Waals surface area contributed by atoms with Crippen LogP contribution in [0.25, 0.3) is 0 Å². The lowest BCUT2D eigenvalue weighted by molar-refractivity contribution is -0.140. The minimum Gasteiger partial charge on any atom is -0.352 e. The van der Waals surface area contributed by atoms with Gasteiger partial charge in [-0.05, 0) is 66.4 Å². The molecule has 7 nitrogen and oxygen atoms in total. The topological polar surface area (TPSA) is 86.8 Å². The van der Waals surface area contributed by atoms with Crippen molar-refractivity contribution in [3.63, 3.8) is 0 Å². The average Bonchev–Trinajstić information content (AvgIpc) is 3.58. The first kappa shape index (κ1) is 35.0. The number of nitrogens with one attached hydrogen (secondary N) is 1. The molecule has 0 saturated heterocycles. The van der Waals surface area contributed by atoms with Gasteiger partial charge in [0.1, 0.15) is 12.6 Å². The van der Waals surface area contributed by atoms with Crippen LogP contribution in [0.5, 0.6) is 0 Å². The lowest BCUT2D eigenvalue weighted by atomic mass is 10.0. The third kappa shape index (κ3) is 8.80. The SMILES string of the molecule is O=C(NC1CCCC1)[C@@H](Cc1ccccc1)N(Cc1ccc(Cl)c(Cl)c1)C(=O)CN(c1cc(Cl)ccc1Cl)S(=O)(=O)c1ccccc1. The van der Waals surface area contributed by atoms with Crippen LogP contribution in [-0.2, 0) is 32.6 Å². The fraction of sp³-hybridized carbons (Fsp3) is 0.257.